The Kier molecular flexibility index (Phi) is 31.4. The van der Waals surface area contributed by atoms with Crippen LogP contribution in [-0.2, 0) is 32.7 Å². The summed E-state index contributed by atoms with van der Waals surface area (Å²) in [5.74, 6) is -0.929. The number of esters is 2. The highest BCUT2D eigenvalue weighted by Gasteiger charge is 2.27. The third-order valence-corrected chi connectivity index (χ3v) is 8.72. The summed E-state index contributed by atoms with van der Waals surface area (Å²) in [6, 6.07) is 0. The average Bonchev–Trinajstić information content (AvgIpc) is 3.04. The number of aliphatic hydroxyl groups is 2. The molecule has 0 aliphatic carbocycles. The van der Waals surface area contributed by atoms with Gasteiger partial charge in [-0.1, -0.05) is 128 Å². The molecular formula is C35H67O10P. The van der Waals surface area contributed by atoms with Crippen LogP contribution in [0.3, 0.4) is 0 Å². The average molecular weight is 679 g/mol. The zero-order valence-corrected chi connectivity index (χ0v) is 29.9. The zero-order valence-electron chi connectivity index (χ0n) is 29.0. The topological polar surface area (TPSA) is 149 Å². The summed E-state index contributed by atoms with van der Waals surface area (Å²) in [7, 11) is -4.60. The maximum Gasteiger partial charge on any atom is 0.472 e. The number of carbonyl (C=O) groups excluding carboxylic acids is 2. The second kappa shape index (κ2) is 32.3. The van der Waals surface area contributed by atoms with Crippen LogP contribution >= 0.6 is 7.82 Å². The maximum absolute atomic E-state index is 12.5. The van der Waals surface area contributed by atoms with E-state index in [1.165, 1.54) is 77.0 Å². The SMILES string of the molecule is C/C=C/CCCCCCCCCC(=O)O[C@H](COC(=O)CCCCCCCCCCCCCCC)COP(=O)(O)OC[C@@H](O)CO. The molecule has 11 heteroatoms. The van der Waals surface area contributed by atoms with E-state index >= 15 is 0 Å². The number of unbranched alkanes of at least 4 members (excludes halogenated alkanes) is 19. The Hall–Kier alpha value is -1.29. The summed E-state index contributed by atoms with van der Waals surface area (Å²) in [6.07, 6.45) is 26.3. The monoisotopic (exact) mass is 678 g/mol. The van der Waals surface area contributed by atoms with Crippen molar-refractivity contribution in [2.24, 2.45) is 0 Å². The van der Waals surface area contributed by atoms with Crippen molar-refractivity contribution < 1.29 is 47.8 Å². The van der Waals surface area contributed by atoms with Crippen LogP contribution in [0.2, 0.25) is 0 Å². The highest BCUT2D eigenvalue weighted by atomic mass is 31.2. The van der Waals surface area contributed by atoms with Crippen molar-refractivity contribution in [3.63, 3.8) is 0 Å². The van der Waals surface area contributed by atoms with Crippen molar-refractivity contribution in [3.05, 3.63) is 12.2 Å². The fraction of sp³-hybridized carbons (Fsp3) is 0.886. The van der Waals surface area contributed by atoms with Gasteiger partial charge in [-0.05, 0) is 32.6 Å². The van der Waals surface area contributed by atoms with Crippen LogP contribution in [-0.4, -0.2) is 65.7 Å². The molecule has 0 aromatic carbocycles. The van der Waals surface area contributed by atoms with E-state index < -0.39 is 51.8 Å². The van der Waals surface area contributed by atoms with Crippen LogP contribution in [0.1, 0.15) is 162 Å². The van der Waals surface area contributed by atoms with E-state index in [-0.39, 0.29) is 19.4 Å². The van der Waals surface area contributed by atoms with Crippen molar-refractivity contribution in [3.8, 4) is 0 Å². The fourth-order valence-corrected chi connectivity index (χ4v) is 5.73. The summed E-state index contributed by atoms with van der Waals surface area (Å²) in [6.45, 7) is 2.16. The molecule has 46 heavy (non-hydrogen) atoms. The molecule has 0 saturated carbocycles. The largest absolute Gasteiger partial charge is 0.472 e. The Morgan fingerprint density at radius 2 is 1.13 bits per heavy atom. The molecule has 10 nitrogen and oxygen atoms in total. The third-order valence-electron chi connectivity index (χ3n) is 7.76. The van der Waals surface area contributed by atoms with Crippen LogP contribution in [0.4, 0.5) is 0 Å². The van der Waals surface area contributed by atoms with Crippen molar-refractivity contribution in [2.45, 2.75) is 174 Å². The number of hydrogen-bond donors (Lipinski definition) is 3. The Labute approximate surface area is 279 Å². The first-order valence-corrected chi connectivity index (χ1v) is 19.6. The van der Waals surface area contributed by atoms with Crippen molar-refractivity contribution in [2.75, 3.05) is 26.4 Å². The van der Waals surface area contributed by atoms with Crippen LogP contribution < -0.4 is 0 Å². The van der Waals surface area contributed by atoms with Crippen molar-refractivity contribution >= 4 is 19.8 Å². The molecule has 0 amide bonds. The van der Waals surface area contributed by atoms with E-state index in [2.05, 4.69) is 23.6 Å². The lowest BCUT2D eigenvalue weighted by atomic mass is 10.0. The lowest BCUT2D eigenvalue weighted by molar-refractivity contribution is -0.161. The van der Waals surface area contributed by atoms with Crippen molar-refractivity contribution in [1.29, 1.82) is 0 Å². The van der Waals surface area contributed by atoms with Gasteiger partial charge in [-0.3, -0.25) is 18.6 Å². The number of ether oxygens (including phenoxy) is 2. The van der Waals surface area contributed by atoms with Gasteiger partial charge < -0.3 is 24.6 Å². The quantitative estimate of drug-likeness (QED) is 0.0262. The molecule has 0 aliphatic heterocycles. The molecule has 3 N–H and O–H groups in total. The van der Waals surface area contributed by atoms with Gasteiger partial charge in [-0.2, -0.15) is 0 Å². The van der Waals surface area contributed by atoms with Gasteiger partial charge in [0.05, 0.1) is 19.8 Å². The Morgan fingerprint density at radius 3 is 1.63 bits per heavy atom. The highest BCUT2D eigenvalue weighted by Crippen LogP contribution is 2.43. The summed E-state index contributed by atoms with van der Waals surface area (Å²) < 4.78 is 32.5. The lowest BCUT2D eigenvalue weighted by Gasteiger charge is -2.20. The molecule has 0 spiro atoms. The first kappa shape index (κ1) is 44.7. The van der Waals surface area contributed by atoms with Gasteiger partial charge >= 0.3 is 19.8 Å². The standard InChI is InChI=1S/C35H67O10P/c1-3-5-7-9-11-13-15-16-17-19-20-22-24-26-34(38)42-30-33(31-44-46(40,41)43-29-32(37)28-36)45-35(39)27-25-23-21-18-14-12-10-8-6-4-2/h4,6,32-33,36-37H,3,5,7-31H2,1-2H3,(H,40,41)/b6-4+/t32-,33+/m0/s1. The molecule has 0 aromatic heterocycles. The molecule has 0 aliphatic rings. The lowest BCUT2D eigenvalue weighted by Crippen LogP contribution is -2.29. The van der Waals surface area contributed by atoms with Gasteiger partial charge in [0.25, 0.3) is 0 Å². The Balaban J connectivity index is 4.36. The summed E-state index contributed by atoms with van der Waals surface area (Å²) in [5, 5.41) is 18.2. The van der Waals surface area contributed by atoms with Crippen LogP contribution in [0.15, 0.2) is 12.2 Å². The molecule has 0 fully saturated rings. The Morgan fingerprint density at radius 1 is 0.674 bits per heavy atom. The normalized spacial score (nSPS) is 14.3. The minimum absolute atomic E-state index is 0.181. The molecule has 0 saturated heterocycles. The number of allylic oxidation sites excluding steroid dienone is 2. The molecule has 1 unspecified atom stereocenters. The van der Waals surface area contributed by atoms with Gasteiger partial charge in [-0.25, -0.2) is 4.57 Å². The third kappa shape index (κ3) is 31.3. The van der Waals surface area contributed by atoms with E-state index in [0.29, 0.717) is 12.8 Å². The van der Waals surface area contributed by atoms with E-state index in [1.54, 1.807) is 0 Å². The second-order valence-corrected chi connectivity index (χ2v) is 13.7. The Bertz CT molecular complexity index is 791. The first-order chi connectivity index (χ1) is 22.2. The van der Waals surface area contributed by atoms with Crippen LogP contribution in [0, 0.1) is 0 Å². The smallest absolute Gasteiger partial charge is 0.462 e. The van der Waals surface area contributed by atoms with Crippen LogP contribution in [0.25, 0.3) is 0 Å². The number of aliphatic hydroxyl groups excluding tert-OH is 2. The summed E-state index contributed by atoms with van der Waals surface area (Å²) in [5.41, 5.74) is 0. The molecule has 0 aromatic rings. The first-order valence-electron chi connectivity index (χ1n) is 18.1. The van der Waals surface area contributed by atoms with E-state index in [1.807, 2.05) is 6.92 Å². The predicted molar refractivity (Wildman–Crippen MR) is 182 cm³/mol. The number of carbonyl (C=O) groups is 2. The molecule has 3 atom stereocenters. The predicted octanol–water partition coefficient (Wildman–Crippen LogP) is 8.50. The molecular weight excluding hydrogens is 611 g/mol. The van der Waals surface area contributed by atoms with Gasteiger partial charge in [0.15, 0.2) is 6.10 Å². The molecule has 272 valence electrons. The van der Waals surface area contributed by atoms with Gasteiger partial charge in [0.2, 0.25) is 0 Å². The summed E-state index contributed by atoms with van der Waals surface area (Å²) in [4.78, 5) is 34.7. The molecule has 0 bridgehead atoms. The fourth-order valence-electron chi connectivity index (χ4n) is 4.94. The minimum atomic E-state index is -4.60. The van der Waals surface area contributed by atoms with Crippen LogP contribution in [0.5, 0.6) is 0 Å². The number of phosphoric acid groups is 1. The molecule has 0 heterocycles. The number of hydrogen-bond acceptors (Lipinski definition) is 9. The van der Waals surface area contributed by atoms with E-state index in [4.69, 9.17) is 19.1 Å². The zero-order chi connectivity index (χ0) is 34.1. The molecule has 0 rings (SSSR count). The number of rotatable bonds is 34. The number of phosphoric ester groups is 1. The maximum atomic E-state index is 12.5. The van der Waals surface area contributed by atoms with Gasteiger partial charge in [0.1, 0.15) is 12.7 Å². The van der Waals surface area contributed by atoms with Gasteiger partial charge in [0, 0.05) is 12.8 Å². The van der Waals surface area contributed by atoms with Gasteiger partial charge in [-0.15, -0.1) is 0 Å². The second-order valence-electron chi connectivity index (χ2n) is 12.3. The highest BCUT2D eigenvalue weighted by molar-refractivity contribution is 7.47. The summed E-state index contributed by atoms with van der Waals surface area (Å²) >= 11 is 0. The van der Waals surface area contributed by atoms with E-state index in [0.717, 1.165) is 44.9 Å². The van der Waals surface area contributed by atoms with Crippen molar-refractivity contribution in [1.82, 2.24) is 0 Å². The van der Waals surface area contributed by atoms with E-state index in [9.17, 15) is 24.2 Å². The molecule has 0 radical (unpaired) electrons. The minimum Gasteiger partial charge on any atom is -0.462 e.